The summed E-state index contributed by atoms with van der Waals surface area (Å²) in [6, 6.07) is 8.00. The fourth-order valence-corrected chi connectivity index (χ4v) is 3.60. The van der Waals surface area contributed by atoms with Gasteiger partial charge in [-0.2, -0.15) is 11.8 Å². The summed E-state index contributed by atoms with van der Waals surface area (Å²) in [5.74, 6) is 0.723. The number of fused-ring (bicyclic) bond motifs is 1. The Morgan fingerprint density at radius 2 is 2.25 bits per heavy atom. The van der Waals surface area contributed by atoms with E-state index in [1.165, 1.54) is 19.3 Å². The lowest BCUT2D eigenvalue weighted by atomic mass is 10.2. The van der Waals surface area contributed by atoms with Crippen LogP contribution < -0.4 is 10.9 Å². The van der Waals surface area contributed by atoms with Crippen molar-refractivity contribution in [2.45, 2.75) is 37.1 Å². The Morgan fingerprint density at radius 1 is 1.40 bits per heavy atom. The SMILES string of the molecule is CSC1CCC(NCc2nc3ccccc3c(=O)[nH]2)C1. The maximum Gasteiger partial charge on any atom is 0.258 e. The van der Waals surface area contributed by atoms with Gasteiger partial charge in [0.15, 0.2) is 0 Å². The molecule has 1 aliphatic rings. The van der Waals surface area contributed by atoms with Crippen molar-refractivity contribution >= 4 is 22.7 Å². The first-order valence-electron chi connectivity index (χ1n) is 7.00. The molecule has 1 aromatic heterocycles. The molecule has 2 aromatic rings. The molecule has 20 heavy (non-hydrogen) atoms. The van der Waals surface area contributed by atoms with Crippen molar-refractivity contribution in [2.75, 3.05) is 6.26 Å². The lowest BCUT2D eigenvalue weighted by molar-refractivity contribution is 0.514. The van der Waals surface area contributed by atoms with Crippen molar-refractivity contribution in [1.82, 2.24) is 15.3 Å². The fourth-order valence-electron chi connectivity index (χ4n) is 2.80. The van der Waals surface area contributed by atoms with Gasteiger partial charge in [0, 0.05) is 11.3 Å². The summed E-state index contributed by atoms with van der Waals surface area (Å²) in [5, 5.41) is 4.93. The maximum atomic E-state index is 12.0. The van der Waals surface area contributed by atoms with E-state index in [0.29, 0.717) is 18.0 Å². The summed E-state index contributed by atoms with van der Waals surface area (Å²) >= 11 is 1.95. The molecule has 1 heterocycles. The number of benzene rings is 1. The Balaban J connectivity index is 1.70. The molecule has 0 spiro atoms. The highest BCUT2D eigenvalue weighted by molar-refractivity contribution is 7.99. The first-order valence-corrected chi connectivity index (χ1v) is 8.29. The molecule has 0 aliphatic heterocycles. The Labute approximate surface area is 122 Å². The predicted molar refractivity (Wildman–Crippen MR) is 84.1 cm³/mol. The van der Waals surface area contributed by atoms with Crippen molar-refractivity contribution in [3.63, 3.8) is 0 Å². The van der Waals surface area contributed by atoms with Crippen molar-refractivity contribution in [3.05, 3.63) is 40.4 Å². The Hall–Kier alpha value is -1.33. The standard InChI is InChI=1S/C15H19N3OS/c1-20-11-7-6-10(8-11)16-9-14-17-13-5-3-2-4-12(13)15(19)18-14/h2-5,10-11,16H,6-9H2,1H3,(H,17,18,19). The molecule has 4 nitrogen and oxygen atoms in total. The van der Waals surface area contributed by atoms with Crippen LogP contribution in [0.5, 0.6) is 0 Å². The molecule has 0 bridgehead atoms. The van der Waals surface area contributed by atoms with Crippen LogP contribution >= 0.6 is 11.8 Å². The van der Waals surface area contributed by atoms with Gasteiger partial charge in [0.25, 0.3) is 5.56 Å². The number of nitrogens with zero attached hydrogens (tertiary/aromatic N) is 1. The molecule has 0 radical (unpaired) electrons. The van der Waals surface area contributed by atoms with Crippen molar-refractivity contribution in [3.8, 4) is 0 Å². The van der Waals surface area contributed by atoms with E-state index in [9.17, 15) is 4.79 Å². The zero-order valence-electron chi connectivity index (χ0n) is 11.6. The van der Waals surface area contributed by atoms with E-state index in [1.807, 2.05) is 30.0 Å². The molecular formula is C15H19N3OS. The minimum Gasteiger partial charge on any atom is -0.309 e. The van der Waals surface area contributed by atoms with Crippen molar-refractivity contribution in [2.24, 2.45) is 0 Å². The number of thioether (sulfide) groups is 1. The molecular weight excluding hydrogens is 270 g/mol. The highest BCUT2D eigenvalue weighted by Crippen LogP contribution is 2.28. The van der Waals surface area contributed by atoms with Gasteiger partial charge in [0.05, 0.1) is 17.4 Å². The first-order chi connectivity index (χ1) is 9.76. The van der Waals surface area contributed by atoms with Gasteiger partial charge in [-0.3, -0.25) is 4.79 Å². The van der Waals surface area contributed by atoms with E-state index in [2.05, 4.69) is 21.5 Å². The average Bonchev–Trinajstić information content (AvgIpc) is 2.93. The summed E-state index contributed by atoms with van der Waals surface area (Å²) in [5.41, 5.74) is 0.710. The molecule has 2 unspecified atom stereocenters. The molecule has 2 atom stereocenters. The monoisotopic (exact) mass is 289 g/mol. The van der Waals surface area contributed by atoms with Crippen molar-refractivity contribution < 1.29 is 0 Å². The zero-order chi connectivity index (χ0) is 13.9. The van der Waals surface area contributed by atoms with Gasteiger partial charge < -0.3 is 10.3 Å². The third-order valence-electron chi connectivity index (χ3n) is 3.94. The minimum absolute atomic E-state index is 0.0548. The quantitative estimate of drug-likeness (QED) is 0.907. The van der Waals surface area contributed by atoms with Gasteiger partial charge in [-0.25, -0.2) is 4.98 Å². The zero-order valence-corrected chi connectivity index (χ0v) is 12.4. The third kappa shape index (κ3) is 2.88. The molecule has 1 aliphatic carbocycles. The normalized spacial score (nSPS) is 22.4. The average molecular weight is 289 g/mol. The number of hydrogen-bond acceptors (Lipinski definition) is 4. The van der Waals surface area contributed by atoms with Crippen LogP contribution in [-0.4, -0.2) is 27.5 Å². The van der Waals surface area contributed by atoms with Gasteiger partial charge in [0.1, 0.15) is 5.82 Å². The molecule has 0 amide bonds. The lowest BCUT2D eigenvalue weighted by Gasteiger charge is -2.12. The smallest absolute Gasteiger partial charge is 0.258 e. The van der Waals surface area contributed by atoms with E-state index in [-0.39, 0.29) is 5.56 Å². The molecule has 2 N–H and O–H groups in total. The summed E-state index contributed by atoms with van der Waals surface area (Å²) in [6.45, 7) is 0.631. The van der Waals surface area contributed by atoms with E-state index in [0.717, 1.165) is 16.6 Å². The topological polar surface area (TPSA) is 57.8 Å². The fraction of sp³-hybridized carbons (Fsp3) is 0.467. The van der Waals surface area contributed by atoms with Crippen LogP contribution in [0.1, 0.15) is 25.1 Å². The number of para-hydroxylation sites is 1. The second-order valence-corrected chi connectivity index (χ2v) is 6.42. The number of nitrogens with one attached hydrogen (secondary N) is 2. The second-order valence-electron chi connectivity index (χ2n) is 5.28. The maximum absolute atomic E-state index is 12.0. The van der Waals surface area contributed by atoms with E-state index in [1.54, 1.807) is 6.07 Å². The second kappa shape index (κ2) is 5.97. The van der Waals surface area contributed by atoms with Gasteiger partial charge in [0.2, 0.25) is 0 Å². The summed E-state index contributed by atoms with van der Waals surface area (Å²) in [7, 11) is 0. The first kappa shape index (κ1) is 13.6. The number of rotatable bonds is 4. The van der Waals surface area contributed by atoms with Crippen molar-refractivity contribution in [1.29, 1.82) is 0 Å². The molecule has 1 aromatic carbocycles. The Morgan fingerprint density at radius 3 is 3.05 bits per heavy atom. The number of hydrogen-bond donors (Lipinski definition) is 2. The van der Waals surface area contributed by atoms with Crippen LogP contribution in [0.15, 0.2) is 29.1 Å². The molecule has 1 saturated carbocycles. The lowest BCUT2D eigenvalue weighted by Crippen LogP contribution is -2.28. The van der Waals surface area contributed by atoms with Gasteiger partial charge in [-0.1, -0.05) is 12.1 Å². The van der Waals surface area contributed by atoms with Crippen LogP contribution in [0.3, 0.4) is 0 Å². The molecule has 106 valence electrons. The molecule has 0 saturated heterocycles. The molecule has 1 fully saturated rings. The van der Waals surface area contributed by atoms with Gasteiger partial charge in [-0.05, 0) is 37.7 Å². The summed E-state index contributed by atoms with van der Waals surface area (Å²) in [4.78, 5) is 19.3. The van der Waals surface area contributed by atoms with Gasteiger partial charge in [-0.15, -0.1) is 0 Å². The number of aromatic nitrogens is 2. The minimum atomic E-state index is -0.0548. The molecule has 5 heteroatoms. The predicted octanol–water partition coefficient (Wildman–Crippen LogP) is 2.30. The van der Waals surface area contributed by atoms with Gasteiger partial charge >= 0.3 is 0 Å². The number of H-pyrrole nitrogens is 1. The Bertz CT molecular complexity index is 655. The largest absolute Gasteiger partial charge is 0.309 e. The highest BCUT2D eigenvalue weighted by atomic mass is 32.2. The third-order valence-corrected chi connectivity index (χ3v) is 5.03. The number of aromatic amines is 1. The van der Waals surface area contributed by atoms with E-state index < -0.39 is 0 Å². The molecule has 3 rings (SSSR count). The van der Waals surface area contributed by atoms with Crippen LogP contribution in [0.2, 0.25) is 0 Å². The van der Waals surface area contributed by atoms with Crippen LogP contribution in [0.25, 0.3) is 10.9 Å². The Kier molecular flexibility index (Phi) is 4.08. The van der Waals surface area contributed by atoms with Crippen LogP contribution in [0.4, 0.5) is 0 Å². The van der Waals surface area contributed by atoms with E-state index in [4.69, 9.17) is 0 Å². The summed E-state index contributed by atoms with van der Waals surface area (Å²) in [6.07, 6.45) is 5.87. The van der Waals surface area contributed by atoms with Crippen LogP contribution in [-0.2, 0) is 6.54 Å². The van der Waals surface area contributed by atoms with E-state index >= 15 is 0 Å². The summed E-state index contributed by atoms with van der Waals surface area (Å²) < 4.78 is 0. The van der Waals surface area contributed by atoms with Crippen LogP contribution in [0, 0.1) is 0 Å². The highest BCUT2D eigenvalue weighted by Gasteiger charge is 2.23.